The molecule has 2 heterocycles. The number of halogens is 2. The van der Waals surface area contributed by atoms with Gasteiger partial charge in [0.25, 0.3) is 5.91 Å². The Bertz CT molecular complexity index is 1110. The van der Waals surface area contributed by atoms with Crippen LogP contribution in [0, 0.1) is 34.0 Å². The van der Waals surface area contributed by atoms with Crippen molar-refractivity contribution in [2.45, 2.75) is 109 Å². The van der Waals surface area contributed by atoms with Crippen LogP contribution in [0.5, 0.6) is 0 Å². The standard InChI is InChI=1S/C28H38F2N4O4/c1-16(35)17-10-20(12-31)33(13-17)24(38)28-15-26(28)11-19(29)7-6-18(26)14-34(28)22(36)21(25(2,3)4)32-23(37)27(30)8-5-9-27/h17-21H,5-11,13-15H2,1-4H3,(H,32,37)/t17-,18?,19+,20-,21+,26+,28?/m0/s1. The number of piperidine rings is 1. The first kappa shape index (κ1) is 27.0. The van der Waals surface area contributed by atoms with Gasteiger partial charge in [-0.1, -0.05) is 20.8 Å². The molecule has 38 heavy (non-hydrogen) atoms. The van der Waals surface area contributed by atoms with E-state index in [1.165, 1.54) is 16.7 Å². The van der Waals surface area contributed by atoms with Crippen LogP contribution in [0.3, 0.4) is 0 Å². The largest absolute Gasteiger partial charge is 0.341 e. The molecule has 0 radical (unpaired) electrons. The third-order valence-electron chi connectivity index (χ3n) is 10.2. The fourth-order valence-corrected chi connectivity index (χ4v) is 7.64. The van der Waals surface area contributed by atoms with Gasteiger partial charge in [-0.2, -0.15) is 5.26 Å². The minimum Gasteiger partial charge on any atom is -0.341 e. The molecule has 5 fully saturated rings. The van der Waals surface area contributed by atoms with Crippen molar-refractivity contribution >= 4 is 23.5 Å². The summed E-state index contributed by atoms with van der Waals surface area (Å²) in [5.41, 5.74) is -4.82. The van der Waals surface area contributed by atoms with Gasteiger partial charge in [0.2, 0.25) is 11.8 Å². The van der Waals surface area contributed by atoms with Crippen molar-refractivity contribution in [2.75, 3.05) is 13.1 Å². The van der Waals surface area contributed by atoms with E-state index in [0.29, 0.717) is 25.7 Å². The molecule has 208 valence electrons. The molecule has 7 atom stereocenters. The van der Waals surface area contributed by atoms with Gasteiger partial charge < -0.3 is 15.1 Å². The first-order chi connectivity index (χ1) is 17.7. The number of rotatable bonds is 5. The predicted octanol–water partition coefficient (Wildman–Crippen LogP) is 2.85. The van der Waals surface area contributed by atoms with E-state index in [4.69, 9.17) is 0 Å². The van der Waals surface area contributed by atoms with Gasteiger partial charge in [-0.25, -0.2) is 8.78 Å². The Morgan fingerprint density at radius 1 is 1.13 bits per heavy atom. The zero-order valence-corrected chi connectivity index (χ0v) is 22.7. The van der Waals surface area contributed by atoms with Crippen LogP contribution >= 0.6 is 0 Å². The fourth-order valence-electron chi connectivity index (χ4n) is 7.64. The zero-order chi connectivity index (χ0) is 27.8. The number of nitrogens with one attached hydrogen (secondary N) is 1. The number of carbonyl (C=O) groups excluding carboxylic acids is 4. The molecule has 1 spiro atoms. The molecule has 2 unspecified atom stereocenters. The highest BCUT2D eigenvalue weighted by Crippen LogP contribution is 2.74. The van der Waals surface area contributed by atoms with Crippen LogP contribution in [-0.4, -0.2) is 75.9 Å². The maximum atomic E-state index is 15.0. The van der Waals surface area contributed by atoms with E-state index in [9.17, 15) is 33.2 Å². The van der Waals surface area contributed by atoms with Crippen molar-refractivity contribution in [1.29, 1.82) is 5.26 Å². The lowest BCUT2D eigenvalue weighted by atomic mass is 9.75. The molecule has 2 saturated heterocycles. The van der Waals surface area contributed by atoms with Gasteiger partial charge in [-0.3, -0.25) is 19.2 Å². The van der Waals surface area contributed by atoms with Crippen LogP contribution in [0.15, 0.2) is 0 Å². The van der Waals surface area contributed by atoms with E-state index < -0.39 is 63.9 Å². The average molecular weight is 533 g/mol. The Hall–Kier alpha value is -2.57. The number of hydrogen-bond donors (Lipinski definition) is 1. The molecule has 0 aromatic heterocycles. The van der Waals surface area contributed by atoms with E-state index in [1.807, 2.05) is 0 Å². The minimum atomic E-state index is -1.99. The second kappa shape index (κ2) is 8.72. The highest BCUT2D eigenvalue weighted by Gasteiger charge is 2.83. The van der Waals surface area contributed by atoms with Crippen molar-refractivity contribution < 1.29 is 28.0 Å². The maximum Gasteiger partial charge on any atom is 0.258 e. The summed E-state index contributed by atoms with van der Waals surface area (Å²) in [5, 5.41) is 12.5. The van der Waals surface area contributed by atoms with Crippen LogP contribution in [-0.2, 0) is 19.2 Å². The molecule has 5 aliphatic rings. The minimum absolute atomic E-state index is 0.0791. The van der Waals surface area contributed by atoms with Crippen LogP contribution in [0.4, 0.5) is 8.78 Å². The zero-order valence-electron chi connectivity index (χ0n) is 22.7. The predicted molar refractivity (Wildman–Crippen MR) is 133 cm³/mol. The molecule has 5 rings (SSSR count). The third-order valence-corrected chi connectivity index (χ3v) is 10.2. The van der Waals surface area contributed by atoms with Gasteiger partial charge in [0.05, 0.1) is 6.07 Å². The highest BCUT2D eigenvalue weighted by atomic mass is 19.1. The number of nitrogens with zero attached hydrogens (tertiary/aromatic N) is 3. The summed E-state index contributed by atoms with van der Waals surface area (Å²) in [6.45, 7) is 7.13. The number of ketones is 1. The molecular formula is C28H38F2N4O4. The van der Waals surface area contributed by atoms with E-state index in [0.717, 1.165) is 0 Å². The smallest absolute Gasteiger partial charge is 0.258 e. The first-order valence-corrected chi connectivity index (χ1v) is 13.9. The second-order valence-corrected chi connectivity index (χ2v) is 13.5. The van der Waals surface area contributed by atoms with Crippen molar-refractivity contribution in [3.8, 4) is 6.07 Å². The summed E-state index contributed by atoms with van der Waals surface area (Å²) < 4.78 is 29.8. The summed E-state index contributed by atoms with van der Waals surface area (Å²) in [7, 11) is 0. The number of hydrogen-bond acceptors (Lipinski definition) is 5. The van der Waals surface area contributed by atoms with E-state index in [1.54, 1.807) is 20.8 Å². The molecule has 0 bridgehead atoms. The third kappa shape index (κ3) is 3.78. The lowest BCUT2D eigenvalue weighted by Gasteiger charge is -2.40. The molecule has 3 saturated carbocycles. The molecule has 1 N–H and O–H groups in total. The molecule has 3 amide bonds. The molecule has 10 heteroatoms. The van der Waals surface area contributed by atoms with Crippen molar-refractivity contribution in [3.63, 3.8) is 0 Å². The average Bonchev–Trinajstić information content (AvgIpc) is 3.14. The van der Waals surface area contributed by atoms with E-state index >= 15 is 0 Å². The lowest BCUT2D eigenvalue weighted by molar-refractivity contribution is -0.152. The Morgan fingerprint density at radius 3 is 2.37 bits per heavy atom. The molecular weight excluding hydrogens is 494 g/mol. The van der Waals surface area contributed by atoms with Gasteiger partial charge in [0.15, 0.2) is 5.67 Å². The SMILES string of the molecule is CC(=O)[C@H]1C[C@@H](C#N)N(C(=O)C23C[C@@]24C[C@H](F)CCC4CN3C(=O)[C@@H](NC(=O)C2(F)CCC2)C(C)(C)C)C1. The first-order valence-electron chi connectivity index (χ1n) is 13.9. The van der Waals surface area contributed by atoms with E-state index in [2.05, 4.69) is 11.4 Å². The van der Waals surface area contributed by atoms with Gasteiger partial charge in [0, 0.05) is 24.4 Å². The van der Waals surface area contributed by atoms with Gasteiger partial charge in [0.1, 0.15) is 29.6 Å². The Kier molecular flexibility index (Phi) is 6.20. The van der Waals surface area contributed by atoms with Crippen LogP contribution in [0.1, 0.15) is 79.1 Å². The Labute approximate surface area is 222 Å². The number of Topliss-reactive ketones (excluding diaryl/α,β-unsaturated/α-hetero) is 1. The number of alkyl halides is 2. The summed E-state index contributed by atoms with van der Waals surface area (Å²) in [4.78, 5) is 56.5. The lowest BCUT2D eigenvalue weighted by Crippen LogP contribution is -2.63. The monoisotopic (exact) mass is 532 g/mol. The fraction of sp³-hybridized carbons (Fsp3) is 0.821. The van der Waals surface area contributed by atoms with Crippen molar-refractivity contribution in [2.24, 2.45) is 22.7 Å². The number of likely N-dealkylation sites (tertiary alicyclic amines) is 2. The summed E-state index contributed by atoms with van der Waals surface area (Å²) in [6, 6.07) is 0.261. The quantitative estimate of drug-likeness (QED) is 0.586. The second-order valence-electron chi connectivity index (χ2n) is 13.5. The summed E-state index contributed by atoms with van der Waals surface area (Å²) >= 11 is 0. The number of amides is 3. The normalized spacial score (nSPS) is 37.8. The molecule has 0 aromatic carbocycles. The topological polar surface area (TPSA) is 111 Å². The number of carbonyl (C=O) groups is 4. The Morgan fingerprint density at radius 2 is 1.82 bits per heavy atom. The van der Waals surface area contributed by atoms with Crippen LogP contribution < -0.4 is 5.32 Å². The maximum absolute atomic E-state index is 15.0. The van der Waals surface area contributed by atoms with Crippen LogP contribution in [0.25, 0.3) is 0 Å². The van der Waals surface area contributed by atoms with Gasteiger partial charge >= 0.3 is 0 Å². The Balaban J connectivity index is 1.50. The van der Waals surface area contributed by atoms with Crippen molar-refractivity contribution in [3.05, 3.63) is 0 Å². The number of nitriles is 1. The molecule has 3 aliphatic carbocycles. The van der Waals surface area contributed by atoms with Crippen LogP contribution in [0.2, 0.25) is 0 Å². The van der Waals surface area contributed by atoms with E-state index in [-0.39, 0.29) is 50.5 Å². The molecule has 8 nitrogen and oxygen atoms in total. The summed E-state index contributed by atoms with van der Waals surface area (Å²) in [6.07, 6.45) is 1.34. The molecule has 0 aromatic rings. The highest BCUT2D eigenvalue weighted by molar-refractivity contribution is 6.00. The van der Waals surface area contributed by atoms with Crippen molar-refractivity contribution in [1.82, 2.24) is 15.1 Å². The van der Waals surface area contributed by atoms with Gasteiger partial charge in [-0.15, -0.1) is 0 Å². The molecule has 2 aliphatic heterocycles. The van der Waals surface area contributed by atoms with Gasteiger partial charge in [-0.05, 0) is 69.6 Å². The summed E-state index contributed by atoms with van der Waals surface area (Å²) in [5.74, 6) is -2.33.